The molecule has 2 heterocycles. The summed E-state index contributed by atoms with van der Waals surface area (Å²) in [4.78, 5) is 28.3. The van der Waals surface area contributed by atoms with E-state index in [1.165, 1.54) is 11.3 Å². The highest BCUT2D eigenvalue weighted by atomic mass is 16.5. The molecule has 0 bridgehead atoms. The van der Waals surface area contributed by atoms with Crippen molar-refractivity contribution in [1.82, 2.24) is 4.90 Å². The average molecular weight is 316 g/mol. The van der Waals surface area contributed by atoms with Crippen LogP contribution in [0.3, 0.4) is 0 Å². The number of esters is 1. The maximum atomic E-state index is 12.5. The van der Waals surface area contributed by atoms with Crippen LogP contribution in [0.25, 0.3) is 0 Å². The van der Waals surface area contributed by atoms with Crippen LogP contribution >= 0.6 is 0 Å². The van der Waals surface area contributed by atoms with Gasteiger partial charge in [0, 0.05) is 38.3 Å². The minimum absolute atomic E-state index is 0.0274. The summed E-state index contributed by atoms with van der Waals surface area (Å²) in [6, 6.07) is 8.49. The molecule has 0 aromatic heterocycles. The quantitative estimate of drug-likeness (QED) is 0.799. The van der Waals surface area contributed by atoms with E-state index in [9.17, 15) is 9.59 Å². The summed E-state index contributed by atoms with van der Waals surface area (Å²) in [5.41, 5.74) is 2.56. The number of nitrogens with zero attached hydrogens (tertiary/aromatic N) is 2. The van der Waals surface area contributed by atoms with Gasteiger partial charge >= 0.3 is 5.97 Å². The van der Waals surface area contributed by atoms with Gasteiger partial charge in [0.05, 0.1) is 12.5 Å². The molecule has 5 nitrogen and oxygen atoms in total. The number of hydrogen-bond acceptors (Lipinski definition) is 4. The van der Waals surface area contributed by atoms with Crippen molar-refractivity contribution in [2.24, 2.45) is 5.92 Å². The predicted molar refractivity (Wildman–Crippen MR) is 88.3 cm³/mol. The van der Waals surface area contributed by atoms with E-state index >= 15 is 0 Å². The lowest BCUT2D eigenvalue weighted by atomic mass is 9.90. The van der Waals surface area contributed by atoms with Gasteiger partial charge < -0.3 is 14.5 Å². The summed E-state index contributed by atoms with van der Waals surface area (Å²) in [6.45, 7) is 5.85. The molecule has 23 heavy (non-hydrogen) atoms. The highest BCUT2D eigenvalue weighted by Gasteiger charge is 2.41. The van der Waals surface area contributed by atoms with E-state index in [0.717, 1.165) is 19.4 Å². The van der Waals surface area contributed by atoms with Gasteiger partial charge in [-0.15, -0.1) is 0 Å². The monoisotopic (exact) mass is 316 g/mol. The molecule has 1 fully saturated rings. The first-order valence-corrected chi connectivity index (χ1v) is 8.38. The molecular weight excluding hydrogens is 292 g/mol. The first-order chi connectivity index (χ1) is 11.1. The second-order valence-corrected chi connectivity index (χ2v) is 6.25. The van der Waals surface area contributed by atoms with E-state index in [-0.39, 0.29) is 23.8 Å². The number of carbonyl (C=O) groups is 2. The molecule has 2 aliphatic rings. The number of benzene rings is 1. The Hall–Kier alpha value is -2.04. The molecule has 3 rings (SSSR count). The van der Waals surface area contributed by atoms with Gasteiger partial charge in [-0.2, -0.15) is 0 Å². The Kier molecular flexibility index (Phi) is 4.55. The molecule has 5 heteroatoms. The van der Waals surface area contributed by atoms with Crippen LogP contribution in [0, 0.1) is 5.92 Å². The zero-order chi connectivity index (χ0) is 16.4. The Bertz CT molecular complexity index is 602. The molecule has 1 amide bonds. The molecule has 0 aliphatic carbocycles. The third-order valence-corrected chi connectivity index (χ3v) is 4.93. The lowest BCUT2D eigenvalue weighted by Gasteiger charge is -2.42. The lowest BCUT2D eigenvalue weighted by molar-refractivity contribution is -0.151. The fourth-order valence-electron chi connectivity index (χ4n) is 3.79. The molecule has 2 atom stereocenters. The molecule has 0 saturated carbocycles. The topological polar surface area (TPSA) is 49.9 Å². The summed E-state index contributed by atoms with van der Waals surface area (Å²) in [7, 11) is 0. The number of ether oxygens (including phenoxy) is 1. The van der Waals surface area contributed by atoms with Gasteiger partial charge in [-0.3, -0.25) is 9.59 Å². The second-order valence-electron chi connectivity index (χ2n) is 6.25. The number of likely N-dealkylation sites (tertiary alicyclic amines) is 1. The Morgan fingerprint density at radius 3 is 2.78 bits per heavy atom. The Morgan fingerprint density at radius 1 is 1.26 bits per heavy atom. The number of carbonyl (C=O) groups excluding carboxylic acids is 2. The van der Waals surface area contributed by atoms with E-state index in [0.29, 0.717) is 19.7 Å². The van der Waals surface area contributed by atoms with Gasteiger partial charge in [0.2, 0.25) is 5.91 Å². The molecular formula is C18H24N2O3. The van der Waals surface area contributed by atoms with Crippen LogP contribution in [0.15, 0.2) is 24.3 Å². The van der Waals surface area contributed by atoms with Crippen molar-refractivity contribution in [2.75, 3.05) is 31.1 Å². The SMILES string of the molecule is CCOC(=O)[C@@H]1CN(C(C)=O)CC[C@@H]1N1CCc2ccccc21. The Balaban J connectivity index is 1.85. The minimum Gasteiger partial charge on any atom is -0.466 e. The smallest absolute Gasteiger partial charge is 0.312 e. The van der Waals surface area contributed by atoms with E-state index in [2.05, 4.69) is 23.1 Å². The molecule has 0 N–H and O–H groups in total. The zero-order valence-corrected chi connectivity index (χ0v) is 13.8. The van der Waals surface area contributed by atoms with Crippen molar-refractivity contribution in [2.45, 2.75) is 32.7 Å². The van der Waals surface area contributed by atoms with Gasteiger partial charge in [-0.1, -0.05) is 18.2 Å². The van der Waals surface area contributed by atoms with Gasteiger partial charge in [-0.25, -0.2) is 0 Å². The first kappa shape index (κ1) is 15.8. The van der Waals surface area contributed by atoms with E-state index < -0.39 is 0 Å². The molecule has 1 aromatic rings. The number of piperidine rings is 1. The number of para-hydroxylation sites is 1. The van der Waals surface area contributed by atoms with Crippen molar-refractivity contribution >= 4 is 17.6 Å². The van der Waals surface area contributed by atoms with Gasteiger partial charge in [0.25, 0.3) is 0 Å². The second kappa shape index (κ2) is 6.60. The van der Waals surface area contributed by atoms with Crippen LogP contribution in [0.5, 0.6) is 0 Å². The maximum absolute atomic E-state index is 12.5. The fourth-order valence-corrected chi connectivity index (χ4v) is 3.79. The molecule has 0 radical (unpaired) electrons. The standard InChI is InChI=1S/C18H24N2O3/c1-3-23-18(22)15-12-19(13(2)21)10-9-17(15)20-11-8-14-6-4-5-7-16(14)20/h4-7,15,17H,3,8-12H2,1-2H3/t15-,17+/m1/s1. The minimum atomic E-state index is -0.279. The summed E-state index contributed by atoms with van der Waals surface area (Å²) < 4.78 is 5.28. The van der Waals surface area contributed by atoms with Gasteiger partial charge in [0.15, 0.2) is 0 Å². The average Bonchev–Trinajstić information content (AvgIpc) is 2.98. The lowest BCUT2D eigenvalue weighted by Crippen LogP contribution is -2.54. The predicted octanol–water partition coefficient (Wildman–Crippen LogP) is 1.85. The zero-order valence-electron chi connectivity index (χ0n) is 13.8. The van der Waals surface area contributed by atoms with Crippen molar-refractivity contribution < 1.29 is 14.3 Å². The van der Waals surface area contributed by atoms with E-state index in [1.807, 2.05) is 13.0 Å². The molecule has 124 valence electrons. The van der Waals surface area contributed by atoms with Gasteiger partial charge in [-0.05, 0) is 31.4 Å². The highest BCUT2D eigenvalue weighted by Crippen LogP contribution is 2.34. The number of hydrogen-bond donors (Lipinski definition) is 0. The van der Waals surface area contributed by atoms with Crippen LogP contribution in [0.1, 0.15) is 25.8 Å². The van der Waals surface area contributed by atoms with Crippen molar-refractivity contribution in [3.63, 3.8) is 0 Å². The Labute approximate surface area is 137 Å². The highest BCUT2D eigenvalue weighted by molar-refractivity contribution is 5.78. The largest absolute Gasteiger partial charge is 0.466 e. The number of fused-ring (bicyclic) bond motifs is 1. The first-order valence-electron chi connectivity index (χ1n) is 8.38. The van der Waals surface area contributed by atoms with Crippen LogP contribution in [-0.4, -0.2) is 49.1 Å². The normalized spacial score (nSPS) is 23.6. The van der Waals surface area contributed by atoms with E-state index in [1.54, 1.807) is 11.8 Å². The molecule has 2 aliphatic heterocycles. The van der Waals surface area contributed by atoms with Crippen molar-refractivity contribution in [3.05, 3.63) is 29.8 Å². The molecule has 1 aromatic carbocycles. The number of anilines is 1. The van der Waals surface area contributed by atoms with Crippen LogP contribution in [-0.2, 0) is 20.7 Å². The summed E-state index contributed by atoms with van der Waals surface area (Å²) in [6.07, 6.45) is 1.82. The van der Waals surface area contributed by atoms with Crippen LogP contribution in [0.4, 0.5) is 5.69 Å². The van der Waals surface area contributed by atoms with Crippen molar-refractivity contribution in [1.29, 1.82) is 0 Å². The van der Waals surface area contributed by atoms with E-state index in [4.69, 9.17) is 4.74 Å². The fraction of sp³-hybridized carbons (Fsp3) is 0.556. The molecule has 1 saturated heterocycles. The van der Waals surface area contributed by atoms with Crippen LogP contribution in [0.2, 0.25) is 0 Å². The molecule has 0 spiro atoms. The van der Waals surface area contributed by atoms with Crippen LogP contribution < -0.4 is 4.90 Å². The van der Waals surface area contributed by atoms with Gasteiger partial charge in [0.1, 0.15) is 0 Å². The molecule has 0 unspecified atom stereocenters. The number of amides is 1. The third kappa shape index (κ3) is 3.05. The van der Waals surface area contributed by atoms with Crippen molar-refractivity contribution in [3.8, 4) is 0 Å². The Morgan fingerprint density at radius 2 is 2.04 bits per heavy atom. The number of rotatable bonds is 3. The maximum Gasteiger partial charge on any atom is 0.312 e. The summed E-state index contributed by atoms with van der Waals surface area (Å²) in [5.74, 6) is -0.439. The summed E-state index contributed by atoms with van der Waals surface area (Å²) in [5, 5.41) is 0. The summed E-state index contributed by atoms with van der Waals surface area (Å²) >= 11 is 0. The third-order valence-electron chi connectivity index (χ3n) is 4.93.